The van der Waals surface area contributed by atoms with Crippen molar-refractivity contribution in [2.24, 2.45) is 0 Å². The Hall–Kier alpha value is -1.55. The third-order valence-corrected chi connectivity index (χ3v) is 2.96. The Morgan fingerprint density at radius 3 is 2.62 bits per heavy atom. The van der Waals surface area contributed by atoms with Crippen molar-refractivity contribution in [1.82, 2.24) is 15.0 Å². The number of aryl methyl sites for hydroxylation is 1. The summed E-state index contributed by atoms with van der Waals surface area (Å²) in [5.74, 6) is 0.815. The zero-order valence-corrected chi connectivity index (χ0v) is 10.1. The van der Waals surface area contributed by atoms with E-state index in [-0.39, 0.29) is 0 Å². The molecule has 16 heavy (non-hydrogen) atoms. The first-order chi connectivity index (χ1) is 7.72. The fraction of sp³-hybridized carbons (Fsp3) is 0.250. The number of rotatable bonds is 2. The highest BCUT2D eigenvalue weighted by Crippen LogP contribution is 2.16. The monoisotopic (exact) mass is 231 g/mol. The van der Waals surface area contributed by atoms with Gasteiger partial charge in [-0.25, -0.2) is 4.98 Å². The van der Waals surface area contributed by atoms with E-state index in [1.54, 1.807) is 12.4 Å². The smallest absolute Gasteiger partial charge is 0.139 e. The van der Waals surface area contributed by atoms with E-state index in [2.05, 4.69) is 21.9 Å². The van der Waals surface area contributed by atoms with Gasteiger partial charge in [-0.05, 0) is 25.5 Å². The summed E-state index contributed by atoms with van der Waals surface area (Å²) < 4.78 is 0.669. The number of nitrogens with zero attached hydrogens (tertiary/aromatic N) is 2. The predicted octanol–water partition coefficient (Wildman–Crippen LogP) is 3.07. The topological polar surface area (TPSA) is 41.6 Å². The van der Waals surface area contributed by atoms with Crippen LogP contribution in [0.3, 0.4) is 0 Å². The van der Waals surface area contributed by atoms with Gasteiger partial charge in [0.2, 0.25) is 0 Å². The van der Waals surface area contributed by atoms with Crippen LogP contribution in [0.25, 0.3) is 11.4 Å². The van der Waals surface area contributed by atoms with Crippen LogP contribution in [-0.2, 0) is 6.42 Å². The lowest BCUT2D eigenvalue weighted by Crippen LogP contribution is -1.99. The third kappa shape index (κ3) is 2.02. The van der Waals surface area contributed by atoms with Crippen molar-refractivity contribution in [2.45, 2.75) is 20.3 Å². The van der Waals surface area contributed by atoms with Crippen LogP contribution >= 0.6 is 12.2 Å². The van der Waals surface area contributed by atoms with Gasteiger partial charge in [0.25, 0.3) is 0 Å². The minimum absolute atomic E-state index is 0.669. The van der Waals surface area contributed by atoms with Crippen LogP contribution in [0.5, 0.6) is 0 Å². The first-order valence-electron chi connectivity index (χ1n) is 5.22. The van der Waals surface area contributed by atoms with Gasteiger partial charge in [-0.1, -0.05) is 19.1 Å². The lowest BCUT2D eigenvalue weighted by molar-refractivity contribution is 0.968. The summed E-state index contributed by atoms with van der Waals surface area (Å²) in [6.45, 7) is 4.10. The highest BCUT2D eigenvalue weighted by molar-refractivity contribution is 7.71. The van der Waals surface area contributed by atoms with Gasteiger partial charge in [0, 0.05) is 29.2 Å². The van der Waals surface area contributed by atoms with Crippen LogP contribution in [0.15, 0.2) is 24.5 Å². The number of hydrogen-bond acceptors (Lipinski definition) is 3. The maximum atomic E-state index is 5.25. The van der Waals surface area contributed by atoms with E-state index < -0.39 is 0 Å². The average molecular weight is 231 g/mol. The van der Waals surface area contributed by atoms with Crippen LogP contribution in [0, 0.1) is 11.6 Å². The molecule has 0 bridgehead atoms. The van der Waals surface area contributed by atoms with Crippen molar-refractivity contribution < 1.29 is 0 Å². The van der Waals surface area contributed by atoms with Crippen molar-refractivity contribution in [2.75, 3.05) is 0 Å². The average Bonchev–Trinajstić information content (AvgIpc) is 2.33. The van der Waals surface area contributed by atoms with Crippen molar-refractivity contribution in [1.29, 1.82) is 0 Å². The van der Waals surface area contributed by atoms with Gasteiger partial charge in [-0.15, -0.1) is 0 Å². The molecule has 0 aliphatic rings. The first kappa shape index (κ1) is 11.0. The van der Waals surface area contributed by atoms with E-state index in [0.717, 1.165) is 29.1 Å². The van der Waals surface area contributed by atoms with Crippen molar-refractivity contribution in [3.63, 3.8) is 0 Å². The number of hydrogen-bond donors (Lipinski definition) is 1. The van der Waals surface area contributed by atoms with Crippen LogP contribution in [0.4, 0.5) is 0 Å². The summed E-state index contributed by atoms with van der Waals surface area (Å²) >= 11 is 5.25. The van der Waals surface area contributed by atoms with Gasteiger partial charge in [-0.3, -0.25) is 4.98 Å². The minimum atomic E-state index is 0.669. The second kappa shape index (κ2) is 4.53. The maximum absolute atomic E-state index is 5.25. The molecule has 0 atom stereocenters. The van der Waals surface area contributed by atoms with E-state index in [0.29, 0.717) is 4.64 Å². The molecule has 0 fully saturated rings. The van der Waals surface area contributed by atoms with Crippen LogP contribution in [0.2, 0.25) is 0 Å². The molecule has 0 amide bonds. The van der Waals surface area contributed by atoms with Gasteiger partial charge in [0.05, 0.1) is 0 Å². The Kier molecular flexibility index (Phi) is 3.10. The molecule has 2 heterocycles. The molecular weight excluding hydrogens is 218 g/mol. The van der Waals surface area contributed by atoms with E-state index in [4.69, 9.17) is 12.2 Å². The normalized spacial score (nSPS) is 10.4. The van der Waals surface area contributed by atoms with E-state index in [1.165, 1.54) is 0 Å². The Morgan fingerprint density at radius 2 is 2.00 bits per heavy atom. The quantitative estimate of drug-likeness (QED) is 0.808. The molecule has 0 aromatic carbocycles. The molecule has 2 aromatic heterocycles. The summed E-state index contributed by atoms with van der Waals surface area (Å²) in [5, 5.41) is 0. The molecule has 2 rings (SSSR count). The Labute approximate surface area is 99.6 Å². The molecular formula is C12H13N3S. The summed E-state index contributed by atoms with van der Waals surface area (Å²) in [6, 6.07) is 3.84. The molecule has 0 aliphatic carbocycles. The van der Waals surface area contributed by atoms with Crippen molar-refractivity contribution in [3.8, 4) is 11.4 Å². The minimum Gasteiger partial charge on any atom is -0.343 e. The second-order valence-electron chi connectivity index (χ2n) is 3.58. The summed E-state index contributed by atoms with van der Waals surface area (Å²) in [7, 11) is 0. The molecule has 2 aromatic rings. The van der Waals surface area contributed by atoms with Crippen LogP contribution in [-0.4, -0.2) is 15.0 Å². The van der Waals surface area contributed by atoms with Crippen molar-refractivity contribution in [3.05, 3.63) is 40.4 Å². The molecule has 0 saturated heterocycles. The highest BCUT2D eigenvalue weighted by atomic mass is 32.1. The molecule has 1 N–H and O–H groups in total. The number of H-pyrrole nitrogens is 1. The zero-order chi connectivity index (χ0) is 11.5. The van der Waals surface area contributed by atoms with Gasteiger partial charge < -0.3 is 4.98 Å². The molecule has 0 saturated carbocycles. The summed E-state index contributed by atoms with van der Waals surface area (Å²) in [4.78, 5) is 11.7. The van der Waals surface area contributed by atoms with Crippen molar-refractivity contribution >= 4 is 12.2 Å². The Morgan fingerprint density at radius 1 is 1.31 bits per heavy atom. The lowest BCUT2D eigenvalue weighted by atomic mass is 10.2. The van der Waals surface area contributed by atoms with Gasteiger partial charge in [0.15, 0.2) is 0 Å². The van der Waals surface area contributed by atoms with E-state index in [9.17, 15) is 0 Å². The molecule has 4 heteroatoms. The number of aromatic amines is 1. The Balaban J connectivity index is 2.60. The number of nitrogens with one attached hydrogen (secondary N) is 1. The third-order valence-electron chi connectivity index (χ3n) is 2.56. The van der Waals surface area contributed by atoms with Crippen LogP contribution in [0.1, 0.15) is 18.2 Å². The molecule has 0 unspecified atom stereocenters. The number of pyridine rings is 1. The summed E-state index contributed by atoms with van der Waals surface area (Å²) in [5.41, 5.74) is 3.22. The molecule has 0 spiro atoms. The van der Waals surface area contributed by atoms with E-state index in [1.807, 2.05) is 19.1 Å². The predicted molar refractivity (Wildman–Crippen MR) is 66.8 cm³/mol. The van der Waals surface area contributed by atoms with E-state index >= 15 is 0 Å². The maximum Gasteiger partial charge on any atom is 0.139 e. The summed E-state index contributed by atoms with van der Waals surface area (Å²) in [6.07, 6.45) is 4.43. The zero-order valence-electron chi connectivity index (χ0n) is 9.32. The highest BCUT2D eigenvalue weighted by Gasteiger charge is 2.04. The largest absolute Gasteiger partial charge is 0.343 e. The van der Waals surface area contributed by atoms with Crippen LogP contribution < -0.4 is 0 Å². The fourth-order valence-electron chi connectivity index (χ4n) is 1.58. The molecule has 3 nitrogen and oxygen atoms in total. The van der Waals surface area contributed by atoms with Gasteiger partial charge >= 0.3 is 0 Å². The van der Waals surface area contributed by atoms with Gasteiger partial charge in [-0.2, -0.15) is 0 Å². The molecule has 0 aliphatic heterocycles. The van der Waals surface area contributed by atoms with Gasteiger partial charge in [0.1, 0.15) is 10.5 Å². The fourth-order valence-corrected chi connectivity index (χ4v) is 1.79. The molecule has 0 radical (unpaired) electrons. The number of aromatic nitrogens is 3. The Bertz CT molecular complexity index is 546. The molecule has 82 valence electrons. The first-order valence-corrected chi connectivity index (χ1v) is 5.63. The SMILES string of the molecule is CCc1[nH]c(-c2ccncc2)nc(=S)c1C. The lowest BCUT2D eigenvalue weighted by Gasteiger charge is -2.07. The second-order valence-corrected chi connectivity index (χ2v) is 3.97. The standard InChI is InChI=1S/C12H13N3S/c1-3-10-8(2)12(16)15-11(14-10)9-4-6-13-7-5-9/h4-7H,3H2,1-2H3,(H,14,15,16).